The number of benzene rings is 3. The number of nitrogens with zero attached hydrogens (tertiary/aromatic N) is 3. The van der Waals surface area contributed by atoms with Gasteiger partial charge >= 0.3 is 0 Å². The van der Waals surface area contributed by atoms with Crippen LogP contribution in [0, 0.1) is 17.3 Å². The van der Waals surface area contributed by atoms with Crippen molar-refractivity contribution in [3.63, 3.8) is 0 Å². The maximum absolute atomic E-state index is 13.2. The lowest BCUT2D eigenvalue weighted by Crippen LogP contribution is -2.35. The normalized spacial score (nSPS) is 21.5. The number of piperazine rings is 1. The maximum atomic E-state index is 13.2. The molecule has 0 radical (unpaired) electrons. The molecular weight excluding hydrogens is 409 g/mol. The predicted molar refractivity (Wildman–Crippen MR) is 118 cm³/mol. The van der Waals surface area contributed by atoms with E-state index in [0.29, 0.717) is 12.1 Å². The number of halogens is 1. The van der Waals surface area contributed by atoms with Crippen LogP contribution in [0.5, 0.6) is 0 Å². The number of carbonyl (C=O) groups excluding carboxylic acids is 1. The van der Waals surface area contributed by atoms with Crippen LogP contribution < -0.4 is 0 Å². The van der Waals surface area contributed by atoms with Crippen molar-refractivity contribution < 1.29 is 9.18 Å². The zero-order valence-electron chi connectivity index (χ0n) is 16.9. The lowest BCUT2D eigenvalue weighted by molar-refractivity contribution is 0.0832. The Kier molecular flexibility index (Phi) is 4.91. The Bertz CT molecular complexity index is 1170. The quantitative estimate of drug-likeness (QED) is 0.432. The van der Waals surface area contributed by atoms with Crippen molar-refractivity contribution >= 4 is 17.7 Å². The molecule has 2 fully saturated rings. The lowest BCUT2D eigenvalue weighted by Gasteiger charge is -2.21. The first-order chi connectivity index (χ1) is 15.1. The molecule has 3 atom stereocenters. The SMILES string of the molecule is CC1[C@H]2C(CN1C#N)N2C(=O)c1ccc(-c2ccccc2Sc2ccc(F)cc2)cc1. The maximum Gasteiger partial charge on any atom is 0.254 e. The first kappa shape index (κ1) is 19.7. The molecule has 4 nitrogen and oxygen atoms in total. The third-order valence-electron chi connectivity index (χ3n) is 6.09. The van der Waals surface area contributed by atoms with Crippen molar-refractivity contribution in [1.82, 2.24) is 9.80 Å². The smallest absolute Gasteiger partial charge is 0.254 e. The molecule has 5 rings (SSSR count). The number of nitriles is 1. The van der Waals surface area contributed by atoms with Gasteiger partial charge in [-0.3, -0.25) is 4.79 Å². The highest BCUT2D eigenvalue weighted by molar-refractivity contribution is 7.99. The summed E-state index contributed by atoms with van der Waals surface area (Å²) in [5.41, 5.74) is 2.76. The second-order valence-electron chi connectivity index (χ2n) is 7.89. The third-order valence-corrected chi connectivity index (χ3v) is 7.17. The standard InChI is InChI=1S/C25H20FN3OS/c1-16-24-22(14-28(16)15-27)29(24)25(30)18-8-6-17(7-9-18)21-4-2-3-5-23(21)31-20-12-10-19(26)11-13-20/h2-13,16,22,24H,14H2,1H3/t16?,22?,24-,29?/m0/s1. The van der Waals surface area contributed by atoms with E-state index in [9.17, 15) is 9.18 Å². The number of likely N-dealkylation sites (tertiary alicyclic amines) is 1. The minimum atomic E-state index is -0.247. The van der Waals surface area contributed by atoms with Crippen LogP contribution in [0.2, 0.25) is 0 Å². The Morgan fingerprint density at radius 3 is 2.42 bits per heavy atom. The van der Waals surface area contributed by atoms with Crippen LogP contribution in [-0.4, -0.2) is 40.4 Å². The fourth-order valence-corrected chi connectivity index (χ4v) is 5.35. The Morgan fingerprint density at radius 1 is 1.06 bits per heavy atom. The molecule has 0 bridgehead atoms. The second-order valence-corrected chi connectivity index (χ2v) is 9.01. The van der Waals surface area contributed by atoms with E-state index in [1.165, 1.54) is 12.1 Å². The number of amides is 1. The van der Waals surface area contributed by atoms with Crippen molar-refractivity contribution in [3.8, 4) is 17.3 Å². The van der Waals surface area contributed by atoms with Crippen LogP contribution in [0.1, 0.15) is 17.3 Å². The summed E-state index contributed by atoms with van der Waals surface area (Å²) in [4.78, 5) is 18.6. The van der Waals surface area contributed by atoms with Crippen LogP contribution in [-0.2, 0) is 0 Å². The van der Waals surface area contributed by atoms with Gasteiger partial charge in [0.05, 0.1) is 24.7 Å². The molecule has 0 saturated carbocycles. The average molecular weight is 430 g/mol. The minimum absolute atomic E-state index is 0.0277. The van der Waals surface area contributed by atoms with E-state index < -0.39 is 0 Å². The van der Waals surface area contributed by atoms with Crippen molar-refractivity contribution in [1.29, 1.82) is 5.26 Å². The molecule has 2 unspecified atom stereocenters. The van der Waals surface area contributed by atoms with Gasteiger partial charge in [-0.15, -0.1) is 0 Å². The van der Waals surface area contributed by atoms with Gasteiger partial charge in [-0.2, -0.15) is 5.26 Å². The summed E-state index contributed by atoms with van der Waals surface area (Å²) < 4.78 is 13.2. The zero-order chi connectivity index (χ0) is 21.5. The van der Waals surface area contributed by atoms with Crippen molar-refractivity contribution in [2.24, 2.45) is 0 Å². The molecule has 3 aromatic carbocycles. The molecule has 2 saturated heterocycles. The molecule has 0 N–H and O–H groups in total. The first-order valence-electron chi connectivity index (χ1n) is 10.2. The Balaban J connectivity index is 1.34. The Labute approximate surface area is 184 Å². The summed E-state index contributed by atoms with van der Waals surface area (Å²) in [6.45, 7) is 2.63. The summed E-state index contributed by atoms with van der Waals surface area (Å²) in [6, 6.07) is 22.6. The van der Waals surface area contributed by atoms with Gasteiger partial charge in [0, 0.05) is 15.4 Å². The monoisotopic (exact) mass is 429 g/mol. The van der Waals surface area contributed by atoms with Gasteiger partial charge < -0.3 is 9.80 Å². The molecule has 6 heteroatoms. The van der Waals surface area contributed by atoms with Gasteiger partial charge in [0.2, 0.25) is 0 Å². The van der Waals surface area contributed by atoms with E-state index in [1.807, 2.05) is 54.3 Å². The van der Waals surface area contributed by atoms with Crippen LogP contribution in [0.4, 0.5) is 4.39 Å². The molecule has 154 valence electrons. The van der Waals surface area contributed by atoms with Gasteiger partial charge in [-0.1, -0.05) is 42.1 Å². The van der Waals surface area contributed by atoms with E-state index in [1.54, 1.807) is 28.8 Å². The number of carbonyl (C=O) groups is 1. The topological polar surface area (TPSA) is 47.1 Å². The zero-order valence-corrected chi connectivity index (χ0v) is 17.7. The molecule has 2 aliphatic rings. The predicted octanol–water partition coefficient (Wildman–Crippen LogP) is 5.02. The fraction of sp³-hybridized carbons (Fsp3) is 0.200. The highest BCUT2D eigenvalue weighted by atomic mass is 32.2. The number of hydrogen-bond acceptors (Lipinski definition) is 4. The Hall–Kier alpha value is -3.30. The molecule has 0 aliphatic carbocycles. The average Bonchev–Trinajstić information content (AvgIpc) is 3.42. The first-order valence-corrected chi connectivity index (χ1v) is 11.0. The molecular formula is C25H20FN3OS. The van der Waals surface area contributed by atoms with E-state index in [2.05, 4.69) is 12.3 Å². The minimum Gasteiger partial charge on any atom is -0.324 e. The molecule has 31 heavy (non-hydrogen) atoms. The van der Waals surface area contributed by atoms with Crippen LogP contribution in [0.3, 0.4) is 0 Å². The molecule has 0 aromatic heterocycles. The van der Waals surface area contributed by atoms with Gasteiger partial charge in [-0.05, 0) is 60.5 Å². The van der Waals surface area contributed by atoms with Crippen molar-refractivity contribution in [2.45, 2.75) is 34.8 Å². The number of rotatable bonds is 4. The molecule has 0 spiro atoms. The van der Waals surface area contributed by atoms with Crippen LogP contribution >= 0.6 is 11.8 Å². The molecule has 1 amide bonds. The summed E-state index contributed by atoms with van der Waals surface area (Å²) in [5.74, 6) is -0.219. The number of fused-ring (bicyclic) bond motifs is 1. The highest BCUT2D eigenvalue weighted by Crippen LogP contribution is 2.41. The lowest BCUT2D eigenvalue weighted by atomic mass is 10.0. The van der Waals surface area contributed by atoms with Gasteiger partial charge in [-0.25, -0.2) is 4.39 Å². The van der Waals surface area contributed by atoms with E-state index >= 15 is 0 Å². The summed E-state index contributed by atoms with van der Waals surface area (Å²) in [7, 11) is 0. The van der Waals surface area contributed by atoms with Gasteiger partial charge in [0.25, 0.3) is 5.91 Å². The van der Waals surface area contributed by atoms with Crippen molar-refractivity contribution in [2.75, 3.05) is 6.54 Å². The fourth-order valence-electron chi connectivity index (χ4n) is 4.39. The van der Waals surface area contributed by atoms with E-state index in [4.69, 9.17) is 5.26 Å². The van der Waals surface area contributed by atoms with E-state index in [-0.39, 0.29) is 29.8 Å². The molecule has 3 aromatic rings. The third kappa shape index (κ3) is 3.55. The van der Waals surface area contributed by atoms with E-state index in [0.717, 1.165) is 20.9 Å². The summed E-state index contributed by atoms with van der Waals surface area (Å²) in [5, 5.41) is 9.14. The highest BCUT2D eigenvalue weighted by Gasteiger charge is 2.60. The number of hydrogen-bond donors (Lipinski definition) is 0. The Morgan fingerprint density at radius 2 is 1.77 bits per heavy atom. The largest absolute Gasteiger partial charge is 0.324 e. The molecule has 2 aliphatic heterocycles. The summed E-state index contributed by atoms with van der Waals surface area (Å²) >= 11 is 1.58. The van der Waals surface area contributed by atoms with Gasteiger partial charge in [0.15, 0.2) is 6.19 Å². The molecule has 2 heterocycles. The van der Waals surface area contributed by atoms with Crippen LogP contribution in [0.15, 0.2) is 82.6 Å². The van der Waals surface area contributed by atoms with Gasteiger partial charge in [0.1, 0.15) is 5.82 Å². The van der Waals surface area contributed by atoms with Crippen LogP contribution in [0.25, 0.3) is 11.1 Å². The summed E-state index contributed by atoms with van der Waals surface area (Å²) in [6.07, 6.45) is 2.20. The second kappa shape index (κ2) is 7.75. The van der Waals surface area contributed by atoms with Crippen molar-refractivity contribution in [3.05, 3.63) is 84.2 Å².